The summed E-state index contributed by atoms with van der Waals surface area (Å²) in [6, 6.07) is 13.5. The molecule has 0 atom stereocenters. The number of aryl methyl sites for hydroxylation is 2. The maximum atomic E-state index is 9.14. The third-order valence-corrected chi connectivity index (χ3v) is 3.37. The normalized spacial score (nSPS) is 10.4. The number of hydrogen-bond donors (Lipinski definition) is 0. The molecule has 116 valence electrons. The average Bonchev–Trinajstić information content (AvgIpc) is 3.20. The molecule has 0 unspecified atom stereocenters. The number of benzene rings is 1. The fraction of sp³-hybridized carbons (Fsp3) is 0.235. The molecule has 0 saturated carbocycles. The molecule has 2 aromatic heterocycles. The van der Waals surface area contributed by atoms with Gasteiger partial charge in [-0.3, -0.25) is 0 Å². The van der Waals surface area contributed by atoms with Gasteiger partial charge in [0, 0.05) is 13.0 Å². The fourth-order valence-corrected chi connectivity index (χ4v) is 2.31. The lowest BCUT2D eigenvalue weighted by Crippen LogP contribution is -2.07. The maximum absolute atomic E-state index is 9.14. The third kappa shape index (κ3) is 3.40. The summed E-state index contributed by atoms with van der Waals surface area (Å²) in [5, 5.41) is 17.1. The highest BCUT2D eigenvalue weighted by atomic mass is 16.5. The standard InChI is InChI=1S/C17H16N4O2/c1-13-5-2-6-14(11-13)22-10-4-8-21-17(15(12-18)19-20-21)16-7-3-9-23-16/h2-3,5-7,9,11H,4,8,10H2,1H3. The second-order valence-corrected chi connectivity index (χ2v) is 5.12. The fourth-order valence-electron chi connectivity index (χ4n) is 2.31. The van der Waals surface area contributed by atoms with E-state index in [1.54, 1.807) is 23.1 Å². The van der Waals surface area contributed by atoms with Crippen LogP contribution in [0.3, 0.4) is 0 Å². The number of nitrogens with zero attached hydrogens (tertiary/aromatic N) is 4. The van der Waals surface area contributed by atoms with Crippen LogP contribution in [0.2, 0.25) is 0 Å². The minimum atomic E-state index is 0.263. The molecule has 0 N–H and O–H groups in total. The minimum Gasteiger partial charge on any atom is -0.494 e. The summed E-state index contributed by atoms with van der Waals surface area (Å²) >= 11 is 0. The second-order valence-electron chi connectivity index (χ2n) is 5.12. The van der Waals surface area contributed by atoms with Gasteiger partial charge in [-0.2, -0.15) is 5.26 Å². The second kappa shape index (κ2) is 6.79. The summed E-state index contributed by atoms with van der Waals surface area (Å²) < 4.78 is 12.8. The van der Waals surface area contributed by atoms with Crippen LogP contribution in [-0.4, -0.2) is 21.6 Å². The van der Waals surface area contributed by atoms with E-state index in [0.717, 1.165) is 17.7 Å². The zero-order valence-corrected chi connectivity index (χ0v) is 12.8. The molecule has 3 rings (SSSR count). The van der Waals surface area contributed by atoms with Crippen LogP contribution in [-0.2, 0) is 6.54 Å². The van der Waals surface area contributed by atoms with Crippen LogP contribution in [0.15, 0.2) is 47.1 Å². The summed E-state index contributed by atoms with van der Waals surface area (Å²) in [6.45, 7) is 3.18. The molecule has 0 spiro atoms. The Morgan fingerprint density at radius 1 is 1.30 bits per heavy atom. The Kier molecular flexibility index (Phi) is 4.39. The maximum Gasteiger partial charge on any atom is 0.193 e. The lowest BCUT2D eigenvalue weighted by molar-refractivity contribution is 0.298. The van der Waals surface area contributed by atoms with Gasteiger partial charge in [-0.05, 0) is 36.8 Å². The zero-order valence-electron chi connectivity index (χ0n) is 12.8. The lowest BCUT2D eigenvalue weighted by Gasteiger charge is -2.08. The molecule has 6 nitrogen and oxygen atoms in total. The van der Waals surface area contributed by atoms with Crippen molar-refractivity contribution in [2.24, 2.45) is 0 Å². The van der Waals surface area contributed by atoms with Crippen LogP contribution < -0.4 is 4.74 Å². The van der Waals surface area contributed by atoms with Gasteiger partial charge in [-0.15, -0.1) is 5.10 Å². The molecule has 0 bridgehead atoms. The van der Waals surface area contributed by atoms with E-state index in [2.05, 4.69) is 10.3 Å². The largest absolute Gasteiger partial charge is 0.494 e. The van der Waals surface area contributed by atoms with Crippen molar-refractivity contribution in [1.29, 1.82) is 5.26 Å². The molecule has 0 aliphatic rings. The van der Waals surface area contributed by atoms with E-state index in [9.17, 15) is 0 Å². The molecule has 23 heavy (non-hydrogen) atoms. The molecule has 0 aliphatic heterocycles. The molecule has 1 aromatic carbocycles. The highest BCUT2D eigenvalue weighted by molar-refractivity contribution is 5.58. The summed E-state index contributed by atoms with van der Waals surface area (Å²) in [7, 11) is 0. The van der Waals surface area contributed by atoms with Gasteiger partial charge >= 0.3 is 0 Å². The van der Waals surface area contributed by atoms with Gasteiger partial charge in [0.05, 0.1) is 12.9 Å². The summed E-state index contributed by atoms with van der Waals surface area (Å²) in [6.07, 6.45) is 2.31. The van der Waals surface area contributed by atoms with Gasteiger partial charge in [-0.1, -0.05) is 17.3 Å². The predicted octanol–water partition coefficient (Wildman–Crippen LogP) is 3.19. The molecule has 2 heterocycles. The van der Waals surface area contributed by atoms with E-state index < -0.39 is 0 Å². The van der Waals surface area contributed by atoms with E-state index >= 15 is 0 Å². The molecule has 0 amide bonds. The Balaban J connectivity index is 1.63. The molecule has 6 heteroatoms. The smallest absolute Gasteiger partial charge is 0.193 e. The molecule has 3 aromatic rings. The van der Waals surface area contributed by atoms with Crippen molar-refractivity contribution in [1.82, 2.24) is 15.0 Å². The summed E-state index contributed by atoms with van der Waals surface area (Å²) in [5.41, 5.74) is 2.03. The number of nitriles is 1. The molecule has 0 radical (unpaired) electrons. The first-order chi connectivity index (χ1) is 11.3. The Morgan fingerprint density at radius 2 is 2.22 bits per heavy atom. The van der Waals surface area contributed by atoms with Crippen molar-refractivity contribution in [3.63, 3.8) is 0 Å². The number of ether oxygens (including phenoxy) is 1. The topological polar surface area (TPSA) is 76.9 Å². The first kappa shape index (κ1) is 14.9. The molecular formula is C17H16N4O2. The van der Waals surface area contributed by atoms with E-state index in [1.165, 1.54) is 0 Å². The molecular weight excluding hydrogens is 292 g/mol. The van der Waals surface area contributed by atoms with Crippen molar-refractivity contribution in [2.75, 3.05) is 6.61 Å². The van der Waals surface area contributed by atoms with Crippen LogP contribution in [0.1, 0.15) is 17.7 Å². The molecule has 0 aliphatic carbocycles. The van der Waals surface area contributed by atoms with Gasteiger partial charge in [0.25, 0.3) is 0 Å². The monoisotopic (exact) mass is 308 g/mol. The van der Waals surface area contributed by atoms with Crippen LogP contribution in [0, 0.1) is 18.3 Å². The Labute approximate surface area is 133 Å². The quantitative estimate of drug-likeness (QED) is 0.654. The van der Waals surface area contributed by atoms with Crippen LogP contribution in [0.25, 0.3) is 11.5 Å². The number of rotatable bonds is 6. The third-order valence-electron chi connectivity index (χ3n) is 3.37. The Bertz CT molecular complexity index is 815. The van der Waals surface area contributed by atoms with Crippen LogP contribution >= 0.6 is 0 Å². The van der Waals surface area contributed by atoms with Gasteiger partial charge in [-0.25, -0.2) is 4.68 Å². The first-order valence-corrected chi connectivity index (χ1v) is 7.35. The van der Waals surface area contributed by atoms with Crippen LogP contribution in [0.4, 0.5) is 0 Å². The summed E-state index contributed by atoms with van der Waals surface area (Å²) in [5.74, 6) is 1.44. The molecule has 0 saturated heterocycles. The van der Waals surface area contributed by atoms with E-state index in [1.807, 2.05) is 37.3 Å². The van der Waals surface area contributed by atoms with Gasteiger partial charge in [0.1, 0.15) is 17.5 Å². The highest BCUT2D eigenvalue weighted by Crippen LogP contribution is 2.22. The average molecular weight is 308 g/mol. The van der Waals surface area contributed by atoms with Crippen LogP contribution in [0.5, 0.6) is 5.75 Å². The SMILES string of the molecule is Cc1cccc(OCCCn2nnc(C#N)c2-c2ccco2)c1. The van der Waals surface area contributed by atoms with Gasteiger partial charge in [0.15, 0.2) is 11.5 Å². The van der Waals surface area contributed by atoms with Crippen molar-refractivity contribution < 1.29 is 9.15 Å². The van der Waals surface area contributed by atoms with Crippen molar-refractivity contribution >= 4 is 0 Å². The van der Waals surface area contributed by atoms with Gasteiger partial charge in [0.2, 0.25) is 0 Å². The zero-order chi connectivity index (χ0) is 16.1. The number of hydrogen-bond acceptors (Lipinski definition) is 5. The van der Waals surface area contributed by atoms with Crippen molar-refractivity contribution in [3.8, 4) is 23.3 Å². The summed E-state index contributed by atoms with van der Waals surface area (Å²) in [4.78, 5) is 0. The molecule has 0 fully saturated rings. The van der Waals surface area contributed by atoms with E-state index in [-0.39, 0.29) is 5.69 Å². The van der Waals surface area contributed by atoms with Gasteiger partial charge < -0.3 is 9.15 Å². The highest BCUT2D eigenvalue weighted by Gasteiger charge is 2.16. The first-order valence-electron chi connectivity index (χ1n) is 7.35. The minimum absolute atomic E-state index is 0.263. The predicted molar refractivity (Wildman–Crippen MR) is 83.7 cm³/mol. The lowest BCUT2D eigenvalue weighted by atomic mass is 10.2. The Morgan fingerprint density at radius 3 is 2.96 bits per heavy atom. The Hall–Kier alpha value is -3.07. The van der Waals surface area contributed by atoms with E-state index in [0.29, 0.717) is 24.6 Å². The van der Waals surface area contributed by atoms with E-state index in [4.69, 9.17) is 14.4 Å². The number of aromatic nitrogens is 3. The van der Waals surface area contributed by atoms with Crippen molar-refractivity contribution in [2.45, 2.75) is 19.9 Å². The number of furan rings is 1. The van der Waals surface area contributed by atoms with Crippen molar-refractivity contribution in [3.05, 3.63) is 53.9 Å².